The van der Waals surface area contributed by atoms with E-state index in [0.717, 1.165) is 36.3 Å². The Morgan fingerprint density at radius 3 is 2.91 bits per heavy atom. The standard InChI is InChI=1S/C25H28N6O3/c1-18-12-21(29-25(28-18)30-11-9-26-16-30)22-8-5-10-31(22)23(13-20-15-33-17-34-20)24(32)27-14-19-6-3-2-4-7-19/h2-4,6-7,9,11-12,15-16,22-23H,5,8,10,13-14,17H2,1H3,(H,27,32). The van der Waals surface area contributed by atoms with Crippen LogP contribution in [0.4, 0.5) is 0 Å². The summed E-state index contributed by atoms with van der Waals surface area (Å²) in [6.45, 7) is 3.42. The largest absolute Gasteiger partial charge is 0.462 e. The van der Waals surface area contributed by atoms with Gasteiger partial charge in [0.2, 0.25) is 18.6 Å². The molecule has 2 aromatic heterocycles. The van der Waals surface area contributed by atoms with Crippen molar-refractivity contribution in [1.29, 1.82) is 0 Å². The second-order valence-electron chi connectivity index (χ2n) is 8.54. The number of carbonyl (C=O) groups excluding carboxylic acids is 1. The number of rotatable bonds is 8. The first kappa shape index (κ1) is 22.1. The van der Waals surface area contributed by atoms with E-state index >= 15 is 0 Å². The lowest BCUT2D eigenvalue weighted by atomic mass is 10.1. The van der Waals surface area contributed by atoms with Gasteiger partial charge in [0.05, 0.1) is 17.8 Å². The van der Waals surface area contributed by atoms with Crippen molar-refractivity contribution in [3.8, 4) is 5.95 Å². The SMILES string of the molecule is Cc1cc(C2CCCN2C(CC2=COCO2)C(=O)NCc2ccccc2)nc(-n2ccnc2)n1. The number of imidazole rings is 1. The number of aryl methyl sites for hydroxylation is 1. The molecule has 1 aromatic carbocycles. The molecular weight excluding hydrogens is 432 g/mol. The molecule has 2 atom stereocenters. The molecule has 1 amide bonds. The van der Waals surface area contributed by atoms with Crippen LogP contribution in [0.2, 0.25) is 0 Å². The molecule has 0 bridgehead atoms. The zero-order valence-corrected chi connectivity index (χ0v) is 19.1. The molecule has 9 nitrogen and oxygen atoms in total. The van der Waals surface area contributed by atoms with Crippen LogP contribution in [0.3, 0.4) is 0 Å². The number of ether oxygens (including phenoxy) is 2. The molecule has 0 aliphatic carbocycles. The summed E-state index contributed by atoms with van der Waals surface area (Å²) < 4.78 is 12.6. The average molecular weight is 461 g/mol. The van der Waals surface area contributed by atoms with Crippen molar-refractivity contribution in [3.05, 3.63) is 84.1 Å². The molecule has 2 unspecified atom stereocenters. The Labute approximate surface area is 198 Å². The fraction of sp³-hybridized carbons (Fsp3) is 0.360. The van der Waals surface area contributed by atoms with E-state index in [9.17, 15) is 4.79 Å². The van der Waals surface area contributed by atoms with Gasteiger partial charge < -0.3 is 14.8 Å². The van der Waals surface area contributed by atoms with Gasteiger partial charge in [-0.1, -0.05) is 30.3 Å². The van der Waals surface area contributed by atoms with Gasteiger partial charge in [0.15, 0.2) is 0 Å². The van der Waals surface area contributed by atoms with Gasteiger partial charge in [-0.25, -0.2) is 15.0 Å². The highest BCUT2D eigenvalue weighted by Gasteiger charge is 2.38. The zero-order valence-electron chi connectivity index (χ0n) is 19.1. The van der Waals surface area contributed by atoms with Crippen molar-refractivity contribution >= 4 is 5.91 Å². The molecule has 34 heavy (non-hydrogen) atoms. The fourth-order valence-corrected chi connectivity index (χ4v) is 4.55. The smallest absolute Gasteiger partial charge is 0.238 e. The van der Waals surface area contributed by atoms with Crippen molar-refractivity contribution in [2.45, 2.75) is 44.8 Å². The lowest BCUT2D eigenvalue weighted by molar-refractivity contribution is -0.127. The summed E-state index contributed by atoms with van der Waals surface area (Å²) >= 11 is 0. The third-order valence-corrected chi connectivity index (χ3v) is 6.17. The Morgan fingerprint density at radius 1 is 1.26 bits per heavy atom. The first-order valence-corrected chi connectivity index (χ1v) is 11.5. The maximum Gasteiger partial charge on any atom is 0.238 e. The number of aromatic nitrogens is 4. The summed E-state index contributed by atoms with van der Waals surface area (Å²) in [6, 6.07) is 11.5. The minimum absolute atomic E-state index is 0.000585. The second kappa shape index (κ2) is 10.0. The first-order valence-electron chi connectivity index (χ1n) is 11.5. The van der Waals surface area contributed by atoms with Crippen LogP contribution in [-0.4, -0.2) is 49.7 Å². The molecule has 1 fully saturated rings. The van der Waals surface area contributed by atoms with Crippen LogP contribution in [0.25, 0.3) is 5.95 Å². The Kier molecular flexibility index (Phi) is 6.53. The summed E-state index contributed by atoms with van der Waals surface area (Å²) in [6.07, 6.45) is 9.16. The molecule has 176 valence electrons. The minimum Gasteiger partial charge on any atom is -0.462 e. The molecule has 1 N–H and O–H groups in total. The van der Waals surface area contributed by atoms with Crippen LogP contribution in [-0.2, 0) is 20.8 Å². The number of nitrogens with zero attached hydrogens (tertiary/aromatic N) is 5. The molecule has 4 heterocycles. The third-order valence-electron chi connectivity index (χ3n) is 6.17. The topological polar surface area (TPSA) is 94.4 Å². The van der Waals surface area contributed by atoms with Crippen LogP contribution in [0, 0.1) is 6.92 Å². The van der Waals surface area contributed by atoms with Crippen molar-refractivity contribution in [2.75, 3.05) is 13.3 Å². The Bertz CT molecular complexity index is 1150. The number of carbonyl (C=O) groups is 1. The van der Waals surface area contributed by atoms with E-state index in [4.69, 9.17) is 14.5 Å². The molecular formula is C25H28N6O3. The van der Waals surface area contributed by atoms with E-state index in [2.05, 4.69) is 20.2 Å². The van der Waals surface area contributed by atoms with E-state index in [1.54, 1.807) is 23.4 Å². The third kappa shape index (κ3) is 4.94. The summed E-state index contributed by atoms with van der Waals surface area (Å²) in [7, 11) is 0. The first-order chi connectivity index (χ1) is 16.7. The normalized spacial score (nSPS) is 18.7. The molecule has 5 rings (SSSR count). The van der Waals surface area contributed by atoms with E-state index in [-0.39, 0.29) is 18.7 Å². The molecule has 0 spiro atoms. The van der Waals surface area contributed by atoms with E-state index in [1.165, 1.54) is 0 Å². The lowest BCUT2D eigenvalue weighted by Crippen LogP contribution is -2.47. The Hall–Kier alpha value is -3.72. The Balaban J connectivity index is 1.40. The Morgan fingerprint density at radius 2 is 2.15 bits per heavy atom. The number of likely N-dealkylation sites (tertiary alicyclic amines) is 1. The maximum atomic E-state index is 13.5. The van der Waals surface area contributed by atoms with E-state index < -0.39 is 6.04 Å². The second-order valence-corrected chi connectivity index (χ2v) is 8.54. The van der Waals surface area contributed by atoms with Gasteiger partial charge in [-0.2, -0.15) is 0 Å². The molecule has 2 aliphatic rings. The van der Waals surface area contributed by atoms with Crippen molar-refractivity contribution < 1.29 is 14.3 Å². The monoisotopic (exact) mass is 460 g/mol. The summed E-state index contributed by atoms with van der Waals surface area (Å²) in [5.41, 5.74) is 2.84. The summed E-state index contributed by atoms with van der Waals surface area (Å²) in [5, 5.41) is 3.12. The van der Waals surface area contributed by atoms with Crippen LogP contribution < -0.4 is 5.32 Å². The van der Waals surface area contributed by atoms with Crippen molar-refractivity contribution in [2.24, 2.45) is 0 Å². The number of hydrogen-bond acceptors (Lipinski definition) is 7. The predicted octanol–water partition coefficient (Wildman–Crippen LogP) is 3.03. The molecule has 9 heteroatoms. The average Bonchev–Trinajstić information content (AvgIpc) is 3.64. The minimum atomic E-state index is -0.406. The number of amides is 1. The van der Waals surface area contributed by atoms with Gasteiger partial charge in [-0.05, 0) is 37.9 Å². The molecule has 0 saturated carbocycles. The highest BCUT2D eigenvalue weighted by atomic mass is 16.7. The van der Waals surface area contributed by atoms with Gasteiger partial charge >= 0.3 is 0 Å². The van der Waals surface area contributed by atoms with Gasteiger partial charge in [0.1, 0.15) is 18.3 Å². The van der Waals surface area contributed by atoms with Crippen molar-refractivity contribution in [1.82, 2.24) is 29.7 Å². The van der Waals surface area contributed by atoms with Crippen molar-refractivity contribution in [3.63, 3.8) is 0 Å². The van der Waals surface area contributed by atoms with Crippen LogP contribution in [0.5, 0.6) is 0 Å². The predicted molar refractivity (Wildman–Crippen MR) is 124 cm³/mol. The molecule has 2 aliphatic heterocycles. The van der Waals surface area contributed by atoms with E-state index in [0.29, 0.717) is 24.7 Å². The molecule has 3 aromatic rings. The van der Waals surface area contributed by atoms with Crippen LogP contribution >= 0.6 is 0 Å². The number of hydrogen-bond donors (Lipinski definition) is 1. The highest BCUT2D eigenvalue weighted by molar-refractivity contribution is 5.82. The summed E-state index contributed by atoms with van der Waals surface area (Å²) in [4.78, 5) is 29.2. The van der Waals surface area contributed by atoms with Gasteiger partial charge in [0, 0.05) is 31.1 Å². The zero-order chi connectivity index (χ0) is 23.3. The molecule has 0 radical (unpaired) electrons. The maximum absolute atomic E-state index is 13.5. The summed E-state index contributed by atoms with van der Waals surface area (Å²) in [5.74, 6) is 1.23. The van der Waals surface area contributed by atoms with Crippen LogP contribution in [0.15, 0.2) is 67.1 Å². The quantitative estimate of drug-likeness (QED) is 0.552. The fourth-order valence-electron chi connectivity index (χ4n) is 4.55. The lowest BCUT2D eigenvalue weighted by Gasteiger charge is -2.32. The van der Waals surface area contributed by atoms with Gasteiger partial charge in [0.25, 0.3) is 0 Å². The van der Waals surface area contributed by atoms with Gasteiger partial charge in [-0.15, -0.1) is 0 Å². The van der Waals surface area contributed by atoms with E-state index in [1.807, 2.05) is 49.5 Å². The molecule has 1 saturated heterocycles. The number of benzene rings is 1. The van der Waals surface area contributed by atoms with Gasteiger partial charge in [-0.3, -0.25) is 14.3 Å². The number of nitrogens with one attached hydrogen (secondary N) is 1. The highest BCUT2D eigenvalue weighted by Crippen LogP contribution is 2.35. The van der Waals surface area contributed by atoms with Crippen LogP contribution in [0.1, 0.15) is 42.3 Å².